The van der Waals surface area contributed by atoms with Gasteiger partial charge < -0.3 is 10.1 Å². The summed E-state index contributed by atoms with van der Waals surface area (Å²) in [4.78, 5) is 17.2. The number of carbonyl (C=O) groups is 1. The number of hydrogen-bond acceptors (Lipinski definition) is 6. The van der Waals surface area contributed by atoms with Crippen LogP contribution in [0, 0.1) is 5.41 Å². The van der Waals surface area contributed by atoms with Gasteiger partial charge >= 0.3 is 0 Å². The van der Waals surface area contributed by atoms with Crippen LogP contribution in [0.3, 0.4) is 0 Å². The van der Waals surface area contributed by atoms with E-state index in [1.54, 1.807) is 0 Å². The normalized spacial score (nSPS) is 24.1. The van der Waals surface area contributed by atoms with Crippen LogP contribution in [-0.2, 0) is 10.2 Å². The van der Waals surface area contributed by atoms with E-state index in [1.165, 1.54) is 11.8 Å². The van der Waals surface area contributed by atoms with Crippen molar-refractivity contribution in [3.8, 4) is 5.75 Å². The van der Waals surface area contributed by atoms with Gasteiger partial charge in [-0.3, -0.25) is 4.79 Å². The van der Waals surface area contributed by atoms with Crippen molar-refractivity contribution >= 4 is 23.4 Å². The summed E-state index contributed by atoms with van der Waals surface area (Å²) in [7, 11) is 0. The Morgan fingerprint density at radius 1 is 1.29 bits per heavy atom. The number of amides is 1. The van der Waals surface area contributed by atoms with Crippen LogP contribution < -0.4 is 10.1 Å². The summed E-state index contributed by atoms with van der Waals surface area (Å²) in [6.07, 6.45) is 2.29. The highest BCUT2D eigenvalue weighted by Gasteiger charge is 2.61. The predicted molar refractivity (Wildman–Crippen MR) is 110 cm³/mol. The molecule has 2 bridgehead atoms. The fourth-order valence-corrected chi connectivity index (χ4v) is 5.18. The summed E-state index contributed by atoms with van der Waals surface area (Å²) in [5, 5.41) is 12.3. The number of carbonyl (C=O) groups excluding carboxylic acids is 1. The molecule has 2 aromatic rings. The molecule has 28 heavy (non-hydrogen) atoms. The van der Waals surface area contributed by atoms with Crippen molar-refractivity contribution < 1.29 is 9.53 Å². The van der Waals surface area contributed by atoms with E-state index in [2.05, 4.69) is 36.3 Å². The fraction of sp³-hybridized carbons (Fsp3) is 0.524. The number of thioether (sulfide) groups is 1. The Morgan fingerprint density at radius 2 is 2.07 bits per heavy atom. The van der Waals surface area contributed by atoms with Gasteiger partial charge in [0.25, 0.3) is 0 Å². The topological polar surface area (TPSA) is 77.0 Å². The van der Waals surface area contributed by atoms with E-state index in [9.17, 15) is 4.79 Å². The summed E-state index contributed by atoms with van der Waals surface area (Å²) in [5.41, 5.74) is 3.00. The Morgan fingerprint density at radius 3 is 2.86 bits per heavy atom. The largest absolute Gasteiger partial charge is 0.492 e. The molecule has 1 fully saturated rings. The number of para-hydroxylation sites is 2. The van der Waals surface area contributed by atoms with Crippen LogP contribution in [0.25, 0.3) is 0 Å². The molecule has 2 atom stereocenters. The molecule has 0 radical (unpaired) electrons. The third kappa shape index (κ3) is 2.96. The van der Waals surface area contributed by atoms with Crippen molar-refractivity contribution in [1.29, 1.82) is 0 Å². The third-order valence-electron chi connectivity index (χ3n) is 6.57. The first kappa shape index (κ1) is 19.2. The zero-order chi connectivity index (χ0) is 19.9. The van der Waals surface area contributed by atoms with Crippen LogP contribution in [-0.4, -0.2) is 33.4 Å². The maximum absolute atomic E-state index is 12.4. The second-order valence-electron chi connectivity index (χ2n) is 8.24. The van der Waals surface area contributed by atoms with Gasteiger partial charge in [0, 0.05) is 11.3 Å². The van der Waals surface area contributed by atoms with Gasteiger partial charge in [-0.15, -0.1) is 5.10 Å². The monoisotopic (exact) mass is 398 g/mol. The van der Waals surface area contributed by atoms with E-state index >= 15 is 0 Å². The van der Waals surface area contributed by atoms with Crippen LogP contribution in [0.4, 0.5) is 5.69 Å². The lowest BCUT2D eigenvalue weighted by Gasteiger charge is -2.33. The average Bonchev–Trinajstić information content (AvgIpc) is 3.00. The Hall–Kier alpha value is -2.15. The van der Waals surface area contributed by atoms with Crippen LogP contribution in [0.15, 0.2) is 29.4 Å². The Balaban J connectivity index is 1.44. The fourth-order valence-electron chi connectivity index (χ4n) is 4.59. The summed E-state index contributed by atoms with van der Waals surface area (Å²) < 4.78 is 5.55. The number of benzene rings is 1. The minimum absolute atomic E-state index is 0.0386. The molecule has 1 aromatic heterocycles. The molecule has 2 aliphatic carbocycles. The molecule has 1 heterocycles. The van der Waals surface area contributed by atoms with E-state index in [4.69, 9.17) is 9.72 Å². The molecule has 2 aliphatic rings. The SMILES string of the molecule is CCOc1ccccc1NC(=O)CSc1nnc2c(n1)[C@@]1(C)CC[C@H]2C1(C)C. The lowest BCUT2D eigenvalue weighted by atomic mass is 9.70. The van der Waals surface area contributed by atoms with Gasteiger partial charge in [-0.2, -0.15) is 5.10 Å². The van der Waals surface area contributed by atoms with Crippen LogP contribution >= 0.6 is 11.8 Å². The molecular formula is C21H26N4O2S. The van der Waals surface area contributed by atoms with Gasteiger partial charge in [-0.05, 0) is 37.3 Å². The second-order valence-corrected chi connectivity index (χ2v) is 9.18. The molecule has 1 saturated carbocycles. The molecule has 148 valence electrons. The number of nitrogens with one attached hydrogen (secondary N) is 1. The lowest BCUT2D eigenvalue weighted by Crippen LogP contribution is -2.32. The summed E-state index contributed by atoms with van der Waals surface area (Å²) in [6.45, 7) is 9.38. The molecule has 0 unspecified atom stereocenters. The van der Waals surface area contributed by atoms with E-state index in [1.807, 2.05) is 31.2 Å². The van der Waals surface area contributed by atoms with Gasteiger partial charge in [0.15, 0.2) is 0 Å². The first-order chi connectivity index (χ1) is 13.4. The average molecular weight is 399 g/mol. The van der Waals surface area contributed by atoms with Crippen LogP contribution in [0.1, 0.15) is 57.8 Å². The number of rotatable bonds is 6. The summed E-state index contributed by atoms with van der Waals surface area (Å²) >= 11 is 1.32. The van der Waals surface area contributed by atoms with Crippen molar-refractivity contribution in [3.63, 3.8) is 0 Å². The molecular weight excluding hydrogens is 372 g/mol. The molecule has 6 nitrogen and oxygen atoms in total. The quantitative estimate of drug-likeness (QED) is 0.736. The minimum Gasteiger partial charge on any atom is -0.492 e. The molecule has 0 spiro atoms. The van der Waals surface area contributed by atoms with Gasteiger partial charge in [-0.25, -0.2) is 4.98 Å². The molecule has 7 heteroatoms. The third-order valence-corrected chi connectivity index (χ3v) is 7.40. The first-order valence-electron chi connectivity index (χ1n) is 9.76. The number of aromatic nitrogens is 3. The standard InChI is InChI=1S/C21H26N4O2S/c1-5-27-15-9-7-6-8-14(15)22-16(26)12-28-19-23-18-17(24-25-19)13-10-11-21(18,4)20(13,2)3/h6-9,13H,5,10-12H2,1-4H3,(H,22,26)/t13-,21-/m1/s1. The maximum Gasteiger partial charge on any atom is 0.234 e. The zero-order valence-electron chi connectivity index (χ0n) is 16.8. The van der Waals surface area contributed by atoms with Crippen LogP contribution in [0.5, 0.6) is 5.75 Å². The van der Waals surface area contributed by atoms with Crippen molar-refractivity contribution in [2.24, 2.45) is 5.41 Å². The van der Waals surface area contributed by atoms with Crippen molar-refractivity contribution in [2.75, 3.05) is 17.7 Å². The molecule has 1 aromatic carbocycles. The molecule has 4 rings (SSSR count). The van der Waals surface area contributed by atoms with Gasteiger partial charge in [0.1, 0.15) is 5.75 Å². The van der Waals surface area contributed by atoms with E-state index < -0.39 is 0 Å². The Labute approximate surface area is 169 Å². The number of hydrogen-bond donors (Lipinski definition) is 1. The number of fused-ring (bicyclic) bond motifs is 5. The molecule has 0 aliphatic heterocycles. The van der Waals surface area contributed by atoms with Crippen molar-refractivity contribution in [2.45, 2.75) is 57.0 Å². The number of anilines is 1. The molecule has 1 N–H and O–H groups in total. The maximum atomic E-state index is 12.4. The van der Waals surface area contributed by atoms with Gasteiger partial charge in [0.05, 0.1) is 29.4 Å². The highest BCUT2D eigenvalue weighted by Crippen LogP contribution is 2.66. The highest BCUT2D eigenvalue weighted by molar-refractivity contribution is 7.99. The van der Waals surface area contributed by atoms with Crippen molar-refractivity contribution in [1.82, 2.24) is 15.2 Å². The minimum atomic E-state index is -0.116. The van der Waals surface area contributed by atoms with E-state index in [0.717, 1.165) is 24.2 Å². The summed E-state index contributed by atoms with van der Waals surface area (Å²) in [6, 6.07) is 7.43. The summed E-state index contributed by atoms with van der Waals surface area (Å²) in [5.74, 6) is 1.22. The second kappa shape index (κ2) is 7.03. The van der Waals surface area contributed by atoms with E-state index in [-0.39, 0.29) is 22.5 Å². The Bertz CT molecular complexity index is 917. The zero-order valence-corrected chi connectivity index (χ0v) is 17.6. The van der Waals surface area contributed by atoms with Crippen molar-refractivity contribution in [3.05, 3.63) is 35.7 Å². The van der Waals surface area contributed by atoms with Crippen LogP contribution in [0.2, 0.25) is 0 Å². The lowest BCUT2D eigenvalue weighted by molar-refractivity contribution is -0.113. The van der Waals surface area contributed by atoms with Gasteiger partial charge in [-0.1, -0.05) is 44.7 Å². The number of nitrogens with zero attached hydrogens (tertiary/aromatic N) is 3. The molecule has 0 saturated heterocycles. The first-order valence-corrected chi connectivity index (χ1v) is 10.7. The molecule has 1 amide bonds. The Kier molecular flexibility index (Phi) is 4.81. The van der Waals surface area contributed by atoms with Gasteiger partial charge in [0.2, 0.25) is 11.1 Å². The van der Waals surface area contributed by atoms with E-state index in [0.29, 0.717) is 29.1 Å². The predicted octanol–water partition coefficient (Wildman–Crippen LogP) is 4.18. The highest BCUT2D eigenvalue weighted by atomic mass is 32.2. The number of ether oxygens (including phenoxy) is 1. The smallest absolute Gasteiger partial charge is 0.234 e.